The van der Waals surface area contributed by atoms with Crippen LogP contribution in [-0.2, 0) is 6.54 Å². The Balaban J connectivity index is 1.84. The van der Waals surface area contributed by atoms with Crippen LogP contribution < -0.4 is 4.87 Å². The van der Waals surface area contributed by atoms with Gasteiger partial charge in [0, 0.05) is 18.0 Å². The SMILES string of the molecule is CC1CCCN(Cc2sc(=O)[nH]c2-c2ccc(C(C)C)cc2)C1. The van der Waals surface area contributed by atoms with Crippen LogP contribution in [-0.4, -0.2) is 23.0 Å². The fraction of sp³-hybridized carbons (Fsp3) is 0.526. The van der Waals surface area contributed by atoms with E-state index in [9.17, 15) is 4.79 Å². The number of rotatable bonds is 4. The van der Waals surface area contributed by atoms with E-state index >= 15 is 0 Å². The highest BCUT2D eigenvalue weighted by atomic mass is 32.1. The van der Waals surface area contributed by atoms with Crippen molar-refractivity contribution >= 4 is 11.3 Å². The molecule has 3 nitrogen and oxygen atoms in total. The van der Waals surface area contributed by atoms with Gasteiger partial charge in [0.25, 0.3) is 0 Å². The van der Waals surface area contributed by atoms with Crippen molar-refractivity contribution in [1.29, 1.82) is 0 Å². The number of piperidine rings is 1. The Kier molecular flexibility index (Phi) is 5.02. The van der Waals surface area contributed by atoms with Crippen molar-refractivity contribution in [2.45, 2.75) is 46.1 Å². The zero-order valence-corrected chi connectivity index (χ0v) is 15.1. The standard InChI is InChI=1S/C19H26N2OS/c1-13(2)15-6-8-16(9-7-15)18-17(23-19(22)20-18)12-21-10-4-5-14(3)11-21/h6-9,13-14H,4-5,10-12H2,1-3H3,(H,20,22). The summed E-state index contributed by atoms with van der Waals surface area (Å²) in [6.45, 7) is 9.88. The van der Waals surface area contributed by atoms with Crippen molar-refractivity contribution in [3.05, 3.63) is 44.4 Å². The molecule has 1 aromatic heterocycles. The second-order valence-electron chi connectivity index (χ2n) is 7.07. The van der Waals surface area contributed by atoms with Crippen LogP contribution in [0.3, 0.4) is 0 Å². The average molecular weight is 330 g/mol. The largest absolute Gasteiger partial charge is 0.312 e. The second-order valence-corrected chi connectivity index (χ2v) is 8.14. The van der Waals surface area contributed by atoms with E-state index in [4.69, 9.17) is 0 Å². The van der Waals surface area contributed by atoms with E-state index in [1.54, 1.807) is 0 Å². The van der Waals surface area contributed by atoms with Gasteiger partial charge >= 0.3 is 4.87 Å². The van der Waals surface area contributed by atoms with Gasteiger partial charge < -0.3 is 4.98 Å². The molecule has 0 aliphatic carbocycles. The van der Waals surface area contributed by atoms with Crippen molar-refractivity contribution in [2.24, 2.45) is 5.92 Å². The summed E-state index contributed by atoms with van der Waals surface area (Å²) in [7, 11) is 0. The quantitative estimate of drug-likeness (QED) is 0.898. The summed E-state index contributed by atoms with van der Waals surface area (Å²) in [6.07, 6.45) is 2.59. The normalized spacial score (nSPS) is 19.4. The first-order valence-electron chi connectivity index (χ1n) is 8.57. The third-order valence-corrected chi connectivity index (χ3v) is 5.56. The molecule has 0 radical (unpaired) electrons. The maximum Gasteiger partial charge on any atom is 0.305 e. The van der Waals surface area contributed by atoms with E-state index in [0.29, 0.717) is 5.92 Å². The molecule has 4 heteroatoms. The van der Waals surface area contributed by atoms with Gasteiger partial charge in [0.05, 0.1) is 5.69 Å². The number of H-pyrrole nitrogens is 1. The molecule has 0 spiro atoms. The molecule has 1 aromatic carbocycles. The van der Waals surface area contributed by atoms with Gasteiger partial charge in [0.2, 0.25) is 0 Å². The molecular weight excluding hydrogens is 304 g/mol. The third kappa shape index (κ3) is 3.93. The number of nitrogens with zero attached hydrogens (tertiary/aromatic N) is 1. The lowest BCUT2D eigenvalue weighted by Crippen LogP contribution is -2.33. The Morgan fingerprint density at radius 2 is 2.04 bits per heavy atom. The Morgan fingerprint density at radius 1 is 1.30 bits per heavy atom. The van der Waals surface area contributed by atoms with E-state index in [2.05, 4.69) is 54.9 Å². The maximum absolute atomic E-state index is 11.9. The lowest BCUT2D eigenvalue weighted by atomic mass is 9.99. The third-order valence-electron chi connectivity index (χ3n) is 4.70. The minimum Gasteiger partial charge on any atom is -0.312 e. The van der Waals surface area contributed by atoms with Crippen LogP contribution in [0.5, 0.6) is 0 Å². The number of likely N-dealkylation sites (tertiary alicyclic amines) is 1. The monoisotopic (exact) mass is 330 g/mol. The highest BCUT2D eigenvalue weighted by Crippen LogP contribution is 2.27. The molecule has 3 rings (SSSR count). The van der Waals surface area contributed by atoms with Gasteiger partial charge in [-0.3, -0.25) is 9.69 Å². The molecule has 0 bridgehead atoms. The molecule has 1 unspecified atom stereocenters. The predicted octanol–water partition coefficient (Wildman–Crippen LogP) is 4.46. The molecule has 1 atom stereocenters. The van der Waals surface area contributed by atoms with Gasteiger partial charge in [0.15, 0.2) is 0 Å². The summed E-state index contributed by atoms with van der Waals surface area (Å²) < 4.78 is 0. The average Bonchev–Trinajstić information content (AvgIpc) is 2.88. The number of thiazole rings is 1. The first-order chi connectivity index (χ1) is 11.0. The summed E-state index contributed by atoms with van der Waals surface area (Å²) >= 11 is 1.36. The van der Waals surface area contributed by atoms with E-state index in [0.717, 1.165) is 36.8 Å². The first kappa shape index (κ1) is 16.5. The number of hydrogen-bond donors (Lipinski definition) is 1. The number of benzene rings is 1. The molecular formula is C19H26N2OS. The molecule has 23 heavy (non-hydrogen) atoms. The van der Waals surface area contributed by atoms with Crippen molar-refractivity contribution < 1.29 is 0 Å². The Labute approximate surface area is 142 Å². The molecule has 1 N–H and O–H groups in total. The van der Waals surface area contributed by atoms with Crippen molar-refractivity contribution in [1.82, 2.24) is 9.88 Å². The van der Waals surface area contributed by atoms with Gasteiger partial charge in [-0.05, 0) is 42.3 Å². The van der Waals surface area contributed by atoms with Crippen LogP contribution in [0.1, 0.15) is 50.0 Å². The van der Waals surface area contributed by atoms with Gasteiger partial charge in [-0.25, -0.2) is 0 Å². The number of aromatic nitrogens is 1. The Bertz CT molecular complexity index is 699. The Hall–Kier alpha value is -1.39. The van der Waals surface area contributed by atoms with E-state index < -0.39 is 0 Å². The van der Waals surface area contributed by atoms with Crippen LogP contribution in [0.25, 0.3) is 11.3 Å². The van der Waals surface area contributed by atoms with Crippen molar-refractivity contribution in [3.63, 3.8) is 0 Å². The van der Waals surface area contributed by atoms with Crippen LogP contribution in [0.2, 0.25) is 0 Å². The fourth-order valence-corrected chi connectivity index (χ4v) is 4.27. The topological polar surface area (TPSA) is 36.1 Å². The van der Waals surface area contributed by atoms with E-state index in [-0.39, 0.29) is 4.87 Å². The molecule has 1 saturated heterocycles. The van der Waals surface area contributed by atoms with E-state index in [1.165, 1.54) is 34.6 Å². The maximum atomic E-state index is 11.9. The van der Waals surface area contributed by atoms with Crippen LogP contribution in [0.4, 0.5) is 0 Å². The van der Waals surface area contributed by atoms with Crippen LogP contribution in [0, 0.1) is 5.92 Å². The zero-order chi connectivity index (χ0) is 16.4. The molecule has 1 aliphatic heterocycles. The highest BCUT2D eigenvalue weighted by molar-refractivity contribution is 7.09. The number of aromatic amines is 1. The zero-order valence-electron chi connectivity index (χ0n) is 14.3. The van der Waals surface area contributed by atoms with Crippen molar-refractivity contribution in [2.75, 3.05) is 13.1 Å². The summed E-state index contributed by atoms with van der Waals surface area (Å²) in [4.78, 5) is 18.7. The molecule has 0 saturated carbocycles. The van der Waals surface area contributed by atoms with Gasteiger partial charge in [-0.15, -0.1) is 0 Å². The molecule has 124 valence electrons. The van der Waals surface area contributed by atoms with Crippen LogP contribution >= 0.6 is 11.3 Å². The molecule has 1 fully saturated rings. The summed E-state index contributed by atoms with van der Waals surface area (Å²) in [5.74, 6) is 1.29. The predicted molar refractivity (Wildman–Crippen MR) is 98.1 cm³/mol. The lowest BCUT2D eigenvalue weighted by molar-refractivity contribution is 0.178. The number of hydrogen-bond acceptors (Lipinski definition) is 3. The number of nitrogens with one attached hydrogen (secondary N) is 1. The lowest BCUT2D eigenvalue weighted by Gasteiger charge is -2.30. The first-order valence-corrected chi connectivity index (χ1v) is 9.39. The van der Waals surface area contributed by atoms with Gasteiger partial charge in [-0.2, -0.15) is 0 Å². The second kappa shape index (κ2) is 7.02. The minimum atomic E-state index is 0.0491. The van der Waals surface area contributed by atoms with Crippen LogP contribution in [0.15, 0.2) is 29.1 Å². The summed E-state index contributed by atoms with van der Waals surface area (Å²) in [5.41, 5.74) is 3.46. The molecule has 2 heterocycles. The molecule has 2 aromatic rings. The van der Waals surface area contributed by atoms with Gasteiger partial charge in [-0.1, -0.05) is 56.4 Å². The minimum absolute atomic E-state index is 0.0491. The van der Waals surface area contributed by atoms with E-state index in [1.807, 2.05) is 0 Å². The molecule has 1 aliphatic rings. The molecule has 0 amide bonds. The van der Waals surface area contributed by atoms with Gasteiger partial charge in [0.1, 0.15) is 0 Å². The summed E-state index contributed by atoms with van der Waals surface area (Å²) in [5, 5.41) is 0. The fourth-order valence-electron chi connectivity index (χ4n) is 3.37. The summed E-state index contributed by atoms with van der Waals surface area (Å²) in [6, 6.07) is 8.61. The highest BCUT2D eigenvalue weighted by Gasteiger charge is 2.19. The smallest absolute Gasteiger partial charge is 0.305 e. The van der Waals surface area contributed by atoms with Crippen molar-refractivity contribution in [3.8, 4) is 11.3 Å². The Morgan fingerprint density at radius 3 is 2.70 bits per heavy atom.